The SMILES string of the molecule is O=c1c2[nH]c3sc4c(c3c2[nH]c(=S)n1-c1ccc(F)c(Cl)c1)CCCC4. The number of aryl methyl sites for hydroxylation is 2. The Hall–Kier alpha value is -1.96. The zero-order chi connectivity index (χ0) is 18.0. The standard InChI is InChI=1S/C18H13ClFN3OS2/c19-10-7-8(5-6-11(10)20)23-17(24)15-14(22-18(23)25)13-9-3-1-2-4-12(9)26-16(13)21-15/h5-7,21H,1-4H2,(H,22,25). The number of fused-ring (bicyclic) bond motifs is 5. The van der Waals surface area contributed by atoms with Crippen LogP contribution in [0.1, 0.15) is 23.3 Å². The average Bonchev–Trinajstić information content (AvgIpc) is 3.14. The summed E-state index contributed by atoms with van der Waals surface area (Å²) in [5.41, 5.74) is 2.74. The van der Waals surface area contributed by atoms with Gasteiger partial charge in [-0.05, 0) is 61.7 Å². The number of nitrogens with zero attached hydrogens (tertiary/aromatic N) is 1. The van der Waals surface area contributed by atoms with Crippen LogP contribution in [-0.2, 0) is 12.8 Å². The van der Waals surface area contributed by atoms with E-state index in [0.717, 1.165) is 35.0 Å². The van der Waals surface area contributed by atoms with Crippen molar-refractivity contribution in [1.82, 2.24) is 14.5 Å². The van der Waals surface area contributed by atoms with Crippen LogP contribution in [0.3, 0.4) is 0 Å². The number of H-pyrrole nitrogens is 2. The van der Waals surface area contributed by atoms with E-state index in [0.29, 0.717) is 11.2 Å². The van der Waals surface area contributed by atoms with E-state index >= 15 is 0 Å². The van der Waals surface area contributed by atoms with E-state index in [4.69, 9.17) is 23.8 Å². The van der Waals surface area contributed by atoms with Crippen LogP contribution in [-0.4, -0.2) is 14.5 Å². The number of aromatic nitrogens is 3. The lowest BCUT2D eigenvalue weighted by Gasteiger charge is -2.11. The number of hydrogen-bond acceptors (Lipinski definition) is 3. The second-order valence-electron chi connectivity index (χ2n) is 6.46. The van der Waals surface area contributed by atoms with Gasteiger partial charge < -0.3 is 9.97 Å². The molecular weight excluding hydrogens is 393 g/mol. The van der Waals surface area contributed by atoms with Crippen molar-refractivity contribution < 1.29 is 4.39 Å². The number of aromatic amines is 2. The molecule has 3 aromatic heterocycles. The van der Waals surface area contributed by atoms with E-state index in [2.05, 4.69) is 9.97 Å². The van der Waals surface area contributed by atoms with Crippen molar-refractivity contribution in [3.63, 3.8) is 0 Å². The fourth-order valence-electron chi connectivity index (χ4n) is 3.73. The molecule has 0 aliphatic heterocycles. The topological polar surface area (TPSA) is 53.6 Å². The largest absolute Gasteiger partial charge is 0.340 e. The van der Waals surface area contributed by atoms with Crippen LogP contribution in [0.15, 0.2) is 23.0 Å². The molecule has 8 heteroatoms. The van der Waals surface area contributed by atoms with E-state index in [9.17, 15) is 9.18 Å². The molecule has 26 heavy (non-hydrogen) atoms. The van der Waals surface area contributed by atoms with E-state index in [-0.39, 0.29) is 15.4 Å². The maximum atomic E-state index is 13.5. The molecule has 132 valence electrons. The Morgan fingerprint density at radius 3 is 2.81 bits per heavy atom. The van der Waals surface area contributed by atoms with Gasteiger partial charge in [-0.15, -0.1) is 11.3 Å². The van der Waals surface area contributed by atoms with Gasteiger partial charge in [-0.2, -0.15) is 0 Å². The van der Waals surface area contributed by atoms with Gasteiger partial charge in [-0.25, -0.2) is 4.39 Å². The van der Waals surface area contributed by atoms with Crippen LogP contribution in [0, 0.1) is 10.6 Å². The van der Waals surface area contributed by atoms with Crippen molar-refractivity contribution in [2.45, 2.75) is 25.7 Å². The van der Waals surface area contributed by atoms with E-state index < -0.39 is 5.82 Å². The van der Waals surface area contributed by atoms with Crippen LogP contribution in [0.4, 0.5) is 4.39 Å². The Balaban J connectivity index is 1.84. The van der Waals surface area contributed by atoms with E-state index in [1.165, 1.54) is 39.6 Å². The highest BCUT2D eigenvalue weighted by atomic mass is 35.5. The number of hydrogen-bond donors (Lipinski definition) is 2. The van der Waals surface area contributed by atoms with E-state index in [1.807, 2.05) is 0 Å². The predicted molar refractivity (Wildman–Crippen MR) is 106 cm³/mol. The summed E-state index contributed by atoms with van der Waals surface area (Å²) in [6, 6.07) is 4.12. The second kappa shape index (κ2) is 5.77. The molecule has 0 spiro atoms. The van der Waals surface area contributed by atoms with E-state index in [1.54, 1.807) is 11.3 Å². The molecule has 5 rings (SSSR count). The van der Waals surface area contributed by atoms with Gasteiger partial charge >= 0.3 is 0 Å². The monoisotopic (exact) mass is 405 g/mol. The van der Waals surface area contributed by atoms with Crippen LogP contribution in [0.25, 0.3) is 26.9 Å². The summed E-state index contributed by atoms with van der Waals surface area (Å²) in [7, 11) is 0. The predicted octanol–water partition coefficient (Wildman–Crippen LogP) is 5.26. The zero-order valence-electron chi connectivity index (χ0n) is 13.5. The van der Waals surface area contributed by atoms with Crippen molar-refractivity contribution in [2.24, 2.45) is 0 Å². The van der Waals surface area contributed by atoms with Gasteiger partial charge in [-0.3, -0.25) is 9.36 Å². The molecule has 0 unspecified atom stereocenters. The Morgan fingerprint density at radius 2 is 2.00 bits per heavy atom. The Kier molecular flexibility index (Phi) is 3.60. The molecule has 4 aromatic rings. The first-order valence-electron chi connectivity index (χ1n) is 8.31. The van der Waals surface area contributed by atoms with Crippen LogP contribution < -0.4 is 5.56 Å². The molecule has 0 amide bonds. The number of halogens is 2. The van der Waals surface area contributed by atoms with Gasteiger partial charge in [0, 0.05) is 10.3 Å². The van der Waals surface area contributed by atoms with Crippen LogP contribution in [0.5, 0.6) is 0 Å². The summed E-state index contributed by atoms with van der Waals surface area (Å²) < 4.78 is 15.1. The number of benzene rings is 1. The first kappa shape index (κ1) is 16.2. The minimum atomic E-state index is -0.536. The lowest BCUT2D eigenvalue weighted by atomic mass is 9.97. The fraction of sp³-hybridized carbons (Fsp3) is 0.222. The molecule has 0 fully saturated rings. The highest BCUT2D eigenvalue weighted by Crippen LogP contribution is 2.39. The van der Waals surface area contributed by atoms with Gasteiger partial charge in [0.2, 0.25) is 0 Å². The normalized spacial score (nSPS) is 14.2. The Labute approximate surface area is 161 Å². The molecule has 1 aromatic carbocycles. The fourth-order valence-corrected chi connectivity index (χ4v) is 5.50. The summed E-state index contributed by atoms with van der Waals surface area (Å²) in [6.45, 7) is 0. The van der Waals surface area contributed by atoms with Crippen LogP contribution >= 0.6 is 35.2 Å². The summed E-state index contributed by atoms with van der Waals surface area (Å²) in [6.07, 6.45) is 4.50. The van der Waals surface area contributed by atoms with Crippen molar-refractivity contribution in [1.29, 1.82) is 0 Å². The maximum absolute atomic E-state index is 13.5. The number of rotatable bonds is 1. The molecule has 0 atom stereocenters. The molecular formula is C18H13ClFN3OS2. The van der Waals surface area contributed by atoms with Gasteiger partial charge in [0.25, 0.3) is 5.56 Å². The minimum Gasteiger partial charge on any atom is -0.340 e. The first-order valence-corrected chi connectivity index (χ1v) is 9.91. The maximum Gasteiger partial charge on any atom is 0.283 e. The third-order valence-corrected chi connectivity index (χ3v) is 6.70. The van der Waals surface area contributed by atoms with Crippen molar-refractivity contribution in [3.05, 3.63) is 54.6 Å². The summed E-state index contributed by atoms with van der Waals surface area (Å²) in [4.78, 5) is 22.0. The summed E-state index contributed by atoms with van der Waals surface area (Å²) in [5.74, 6) is -0.536. The highest BCUT2D eigenvalue weighted by molar-refractivity contribution is 7.71. The summed E-state index contributed by atoms with van der Waals surface area (Å²) >= 11 is 13.0. The molecule has 4 nitrogen and oxygen atoms in total. The Bertz CT molecular complexity index is 1310. The molecule has 1 aliphatic carbocycles. The third-order valence-electron chi connectivity index (χ3n) is 4.92. The Morgan fingerprint density at radius 1 is 1.19 bits per heavy atom. The lowest BCUT2D eigenvalue weighted by molar-refractivity contribution is 0.627. The first-order chi connectivity index (χ1) is 12.5. The van der Waals surface area contributed by atoms with Crippen molar-refractivity contribution in [3.8, 4) is 5.69 Å². The molecule has 2 N–H and O–H groups in total. The molecule has 0 saturated carbocycles. The van der Waals surface area contributed by atoms with Gasteiger partial charge in [-0.1, -0.05) is 11.6 Å². The minimum absolute atomic E-state index is 0.0505. The quantitative estimate of drug-likeness (QED) is 0.424. The zero-order valence-corrected chi connectivity index (χ0v) is 15.9. The molecule has 0 radical (unpaired) electrons. The number of nitrogens with one attached hydrogen (secondary N) is 2. The summed E-state index contributed by atoms with van der Waals surface area (Å²) in [5, 5.41) is 1.04. The second-order valence-corrected chi connectivity index (χ2v) is 8.36. The van der Waals surface area contributed by atoms with Gasteiger partial charge in [0.05, 0.1) is 16.2 Å². The van der Waals surface area contributed by atoms with Gasteiger partial charge in [0.1, 0.15) is 16.2 Å². The number of thiophene rings is 1. The highest BCUT2D eigenvalue weighted by Gasteiger charge is 2.22. The van der Waals surface area contributed by atoms with Crippen LogP contribution in [0.2, 0.25) is 5.02 Å². The third kappa shape index (κ3) is 2.24. The average molecular weight is 406 g/mol. The smallest absolute Gasteiger partial charge is 0.283 e. The molecule has 0 saturated heterocycles. The van der Waals surface area contributed by atoms with Crippen molar-refractivity contribution in [2.75, 3.05) is 0 Å². The lowest BCUT2D eigenvalue weighted by Crippen LogP contribution is -2.20. The molecule has 0 bridgehead atoms. The van der Waals surface area contributed by atoms with Crippen molar-refractivity contribution >= 4 is 56.4 Å². The van der Waals surface area contributed by atoms with Gasteiger partial charge in [0.15, 0.2) is 4.77 Å². The molecule has 1 aliphatic rings. The molecule has 3 heterocycles.